The van der Waals surface area contributed by atoms with Gasteiger partial charge in [-0.05, 0) is 17.7 Å². The van der Waals surface area contributed by atoms with Gasteiger partial charge in [-0.1, -0.05) is 42.5 Å². The molecule has 0 bridgehead atoms. The van der Waals surface area contributed by atoms with Crippen molar-refractivity contribution in [3.63, 3.8) is 0 Å². The summed E-state index contributed by atoms with van der Waals surface area (Å²) in [5, 5.41) is 2.48. The van der Waals surface area contributed by atoms with Crippen LogP contribution in [0.15, 0.2) is 64.6 Å². The summed E-state index contributed by atoms with van der Waals surface area (Å²) in [5.74, 6) is -0.884. The molecule has 1 N–H and O–H groups in total. The number of carbonyl (C=O) groups excluding carboxylic acids is 1. The van der Waals surface area contributed by atoms with Crippen LogP contribution in [0.25, 0.3) is 0 Å². The molecule has 2 aromatic carbocycles. The van der Waals surface area contributed by atoms with Crippen LogP contribution in [0.1, 0.15) is 5.56 Å². The fourth-order valence-corrected chi connectivity index (χ4v) is 2.18. The highest BCUT2D eigenvalue weighted by molar-refractivity contribution is 6.45. The summed E-state index contributed by atoms with van der Waals surface area (Å²) >= 11 is 0. The van der Waals surface area contributed by atoms with Crippen molar-refractivity contribution in [3.05, 3.63) is 66.0 Å². The van der Waals surface area contributed by atoms with Crippen LogP contribution in [-0.4, -0.2) is 24.0 Å². The summed E-state index contributed by atoms with van der Waals surface area (Å²) in [5.41, 5.74) is 2.07. The van der Waals surface area contributed by atoms with Crippen molar-refractivity contribution >= 4 is 23.1 Å². The van der Waals surface area contributed by atoms with Crippen LogP contribution in [0.5, 0.6) is 0 Å². The first-order chi connectivity index (χ1) is 10.7. The molecule has 1 aliphatic rings. The third kappa shape index (κ3) is 3.25. The average Bonchev–Trinajstić information content (AvgIpc) is 2.99. The van der Waals surface area contributed by atoms with E-state index in [4.69, 9.17) is 0 Å². The van der Waals surface area contributed by atoms with Gasteiger partial charge in [-0.2, -0.15) is 0 Å². The number of anilines is 1. The molecule has 3 rings (SSSR count). The molecule has 5 heteroatoms. The van der Waals surface area contributed by atoms with E-state index < -0.39 is 11.7 Å². The fraction of sp³-hybridized carbons (Fsp3) is 0.118. The van der Waals surface area contributed by atoms with Crippen molar-refractivity contribution in [2.24, 2.45) is 9.98 Å². The Bertz CT molecular complexity index is 754. The topological polar surface area (TPSA) is 53.8 Å². The largest absolute Gasteiger partial charge is 0.317 e. The molecule has 22 heavy (non-hydrogen) atoms. The van der Waals surface area contributed by atoms with Crippen LogP contribution in [0, 0.1) is 5.82 Å². The van der Waals surface area contributed by atoms with Crippen LogP contribution >= 0.6 is 0 Å². The SMILES string of the molecule is O=C(Nc1ccccc1F)C1=NCC(Cc2ccccc2)=N1. The summed E-state index contributed by atoms with van der Waals surface area (Å²) in [6.07, 6.45) is 0.654. The number of hydrogen-bond acceptors (Lipinski definition) is 3. The predicted octanol–water partition coefficient (Wildman–Crippen LogP) is 2.86. The Balaban J connectivity index is 1.66. The van der Waals surface area contributed by atoms with Gasteiger partial charge in [-0.3, -0.25) is 9.79 Å². The number of halogens is 1. The molecule has 0 fully saturated rings. The number of amidine groups is 1. The van der Waals surface area contributed by atoms with E-state index in [9.17, 15) is 9.18 Å². The van der Waals surface area contributed by atoms with Crippen LogP contribution in [0.2, 0.25) is 0 Å². The third-order valence-electron chi connectivity index (χ3n) is 3.25. The number of hydrogen-bond donors (Lipinski definition) is 1. The Kier molecular flexibility index (Phi) is 4.05. The van der Waals surface area contributed by atoms with Crippen molar-refractivity contribution in [2.45, 2.75) is 6.42 Å². The van der Waals surface area contributed by atoms with Crippen LogP contribution in [0.3, 0.4) is 0 Å². The highest BCUT2D eigenvalue weighted by Gasteiger charge is 2.18. The zero-order valence-corrected chi connectivity index (χ0v) is 11.8. The predicted molar refractivity (Wildman–Crippen MR) is 84.9 cm³/mol. The standard InChI is InChI=1S/C17H14FN3O/c18-14-8-4-5-9-15(14)21-17(22)16-19-11-13(20-16)10-12-6-2-1-3-7-12/h1-9H,10-11H2,(H,21,22). The Morgan fingerprint density at radius 3 is 2.59 bits per heavy atom. The lowest BCUT2D eigenvalue weighted by atomic mass is 10.1. The molecule has 0 unspecified atom stereocenters. The molecule has 1 amide bonds. The Morgan fingerprint density at radius 2 is 1.82 bits per heavy atom. The first kappa shape index (κ1) is 14.1. The summed E-state index contributed by atoms with van der Waals surface area (Å²) in [4.78, 5) is 20.4. The number of rotatable bonds is 4. The van der Waals surface area contributed by atoms with Gasteiger partial charge in [0.15, 0.2) is 0 Å². The van der Waals surface area contributed by atoms with E-state index >= 15 is 0 Å². The molecule has 2 aromatic rings. The first-order valence-electron chi connectivity index (χ1n) is 6.93. The molecule has 0 spiro atoms. The molecule has 1 heterocycles. The average molecular weight is 295 g/mol. The number of benzene rings is 2. The summed E-state index contributed by atoms with van der Waals surface area (Å²) < 4.78 is 13.5. The minimum Gasteiger partial charge on any atom is -0.317 e. The maximum atomic E-state index is 13.5. The van der Waals surface area contributed by atoms with Crippen molar-refractivity contribution in [1.82, 2.24) is 0 Å². The van der Waals surface area contributed by atoms with E-state index in [-0.39, 0.29) is 11.5 Å². The van der Waals surface area contributed by atoms with Gasteiger partial charge in [0.1, 0.15) is 5.82 Å². The summed E-state index contributed by atoms with van der Waals surface area (Å²) in [7, 11) is 0. The van der Waals surface area contributed by atoms with Crippen molar-refractivity contribution in [2.75, 3.05) is 11.9 Å². The monoisotopic (exact) mass is 295 g/mol. The second kappa shape index (κ2) is 6.30. The van der Waals surface area contributed by atoms with E-state index in [0.717, 1.165) is 11.3 Å². The van der Waals surface area contributed by atoms with Gasteiger partial charge >= 0.3 is 0 Å². The molecule has 0 saturated heterocycles. The molecular formula is C17H14FN3O. The van der Waals surface area contributed by atoms with Gasteiger partial charge in [0, 0.05) is 12.1 Å². The number of nitrogens with zero attached hydrogens (tertiary/aromatic N) is 2. The molecule has 4 nitrogen and oxygen atoms in total. The van der Waals surface area contributed by atoms with E-state index in [0.29, 0.717) is 13.0 Å². The van der Waals surface area contributed by atoms with E-state index in [2.05, 4.69) is 15.3 Å². The number of amides is 1. The number of aliphatic imine (C=N–C) groups is 2. The zero-order chi connectivity index (χ0) is 15.4. The third-order valence-corrected chi connectivity index (χ3v) is 3.25. The molecule has 1 aliphatic heterocycles. The van der Waals surface area contributed by atoms with Gasteiger partial charge in [0.25, 0.3) is 5.91 Å². The molecule has 0 saturated carbocycles. The summed E-state index contributed by atoms with van der Waals surface area (Å²) in [6.45, 7) is 0.398. The highest BCUT2D eigenvalue weighted by atomic mass is 19.1. The van der Waals surface area contributed by atoms with Crippen molar-refractivity contribution < 1.29 is 9.18 Å². The quantitative estimate of drug-likeness (QED) is 0.926. The normalized spacial score (nSPS) is 13.5. The van der Waals surface area contributed by atoms with E-state index in [1.165, 1.54) is 12.1 Å². The molecule has 0 radical (unpaired) electrons. The van der Waals surface area contributed by atoms with Gasteiger partial charge in [-0.15, -0.1) is 0 Å². The van der Waals surface area contributed by atoms with Crippen molar-refractivity contribution in [3.8, 4) is 0 Å². The molecule has 110 valence electrons. The Labute approximate surface area is 127 Å². The second-order valence-electron chi connectivity index (χ2n) is 4.91. The van der Waals surface area contributed by atoms with Gasteiger partial charge in [0.2, 0.25) is 5.84 Å². The van der Waals surface area contributed by atoms with Gasteiger partial charge in [0.05, 0.1) is 12.2 Å². The minimum atomic E-state index is -0.492. The number of nitrogens with one attached hydrogen (secondary N) is 1. The Hall–Kier alpha value is -2.82. The zero-order valence-electron chi connectivity index (χ0n) is 11.8. The Morgan fingerprint density at radius 1 is 1.09 bits per heavy atom. The first-order valence-corrected chi connectivity index (χ1v) is 6.93. The highest BCUT2D eigenvalue weighted by Crippen LogP contribution is 2.13. The number of carbonyl (C=O) groups is 1. The lowest BCUT2D eigenvalue weighted by molar-refractivity contribution is -0.110. The summed E-state index contributed by atoms with van der Waals surface area (Å²) in [6, 6.07) is 15.9. The minimum absolute atomic E-state index is 0.0918. The van der Waals surface area contributed by atoms with Gasteiger partial charge < -0.3 is 5.32 Å². The van der Waals surface area contributed by atoms with Crippen LogP contribution in [0.4, 0.5) is 10.1 Å². The second-order valence-corrected chi connectivity index (χ2v) is 4.91. The van der Waals surface area contributed by atoms with Crippen molar-refractivity contribution in [1.29, 1.82) is 0 Å². The fourth-order valence-electron chi connectivity index (χ4n) is 2.18. The maximum absolute atomic E-state index is 13.5. The lowest BCUT2D eigenvalue weighted by Crippen LogP contribution is -2.21. The smallest absolute Gasteiger partial charge is 0.293 e. The van der Waals surface area contributed by atoms with E-state index in [1.807, 2.05) is 30.3 Å². The molecule has 0 aliphatic carbocycles. The molecule has 0 aromatic heterocycles. The lowest BCUT2D eigenvalue weighted by Gasteiger charge is -2.04. The maximum Gasteiger partial charge on any atom is 0.293 e. The van der Waals surface area contributed by atoms with Crippen LogP contribution < -0.4 is 5.32 Å². The molecular weight excluding hydrogens is 281 g/mol. The van der Waals surface area contributed by atoms with E-state index in [1.54, 1.807) is 12.1 Å². The number of para-hydroxylation sites is 1. The molecule has 0 atom stereocenters. The van der Waals surface area contributed by atoms with Gasteiger partial charge in [-0.25, -0.2) is 9.38 Å². The van der Waals surface area contributed by atoms with Crippen LogP contribution in [-0.2, 0) is 11.2 Å².